The lowest BCUT2D eigenvalue weighted by Gasteiger charge is -2.29. The number of fused-ring (bicyclic) bond motifs is 1. The molecule has 5 heterocycles. The van der Waals surface area contributed by atoms with Crippen molar-refractivity contribution in [2.75, 3.05) is 0 Å². The number of hydrogen-bond donors (Lipinski definition) is 2. The number of thioether (sulfide) groups is 1. The summed E-state index contributed by atoms with van der Waals surface area (Å²) in [6.45, 7) is 0. The van der Waals surface area contributed by atoms with Crippen LogP contribution in [-0.4, -0.2) is 41.3 Å². The van der Waals surface area contributed by atoms with Gasteiger partial charge in [-0.1, -0.05) is 89.6 Å². The highest BCUT2D eigenvalue weighted by Crippen LogP contribution is 2.38. The summed E-state index contributed by atoms with van der Waals surface area (Å²) >= 11 is 2.01. The molecule has 0 amide bonds. The van der Waals surface area contributed by atoms with Gasteiger partial charge in [0.1, 0.15) is 15.7 Å². The largest absolute Gasteiger partial charge is 0.452 e. The molecule has 1 aliphatic rings. The van der Waals surface area contributed by atoms with Gasteiger partial charge in [-0.15, -0.1) is 10.2 Å². The molecule has 2 N–H and O–H groups in total. The van der Waals surface area contributed by atoms with Crippen LogP contribution in [0.1, 0.15) is 22.4 Å². The molecule has 0 fully saturated rings. The smallest absolute Gasteiger partial charge is 0.416 e. The average Bonchev–Trinajstić information content (AvgIpc) is 3.65. The van der Waals surface area contributed by atoms with Gasteiger partial charge in [0.2, 0.25) is 0 Å². The maximum Gasteiger partial charge on any atom is 0.416 e. The molecule has 1 aliphatic heterocycles. The Morgan fingerprint density at radius 2 is 1.21 bits per heavy atom. The Morgan fingerprint density at radius 3 is 1.85 bits per heavy atom. The third-order valence-electron chi connectivity index (χ3n) is 7.67. The number of benzene rings is 2. The van der Waals surface area contributed by atoms with E-state index in [1.807, 2.05) is 0 Å². The number of hydrogen-bond acceptors (Lipinski definition) is 9. The van der Waals surface area contributed by atoms with Crippen LogP contribution >= 0.6 is 23.1 Å². The normalized spacial score (nSPS) is 14.1. The van der Waals surface area contributed by atoms with Crippen molar-refractivity contribution in [3.05, 3.63) is 131 Å². The molecule has 0 spiro atoms. The Hall–Kier alpha value is -5.74. The minimum Gasteiger partial charge on any atom is -0.452 e. The van der Waals surface area contributed by atoms with Gasteiger partial charge >= 0.3 is 12.4 Å². The van der Waals surface area contributed by atoms with Crippen molar-refractivity contribution in [1.29, 1.82) is 10.8 Å². The first-order valence-electron chi connectivity index (χ1n) is 15.2. The predicted molar refractivity (Wildman–Crippen MR) is 189 cm³/mol. The van der Waals surface area contributed by atoms with Gasteiger partial charge in [0.25, 0.3) is 0 Å². The zero-order valence-electron chi connectivity index (χ0n) is 26.2. The minimum absolute atomic E-state index is 0.00954. The van der Waals surface area contributed by atoms with Crippen molar-refractivity contribution < 1.29 is 26.3 Å². The maximum atomic E-state index is 13.3. The van der Waals surface area contributed by atoms with Crippen LogP contribution in [0.5, 0.6) is 0 Å². The molecule has 16 heteroatoms. The van der Waals surface area contributed by atoms with Crippen LogP contribution in [0.2, 0.25) is 0 Å². The number of halogens is 6. The molecular formula is C36H21F6N8S2-. The van der Waals surface area contributed by atoms with Crippen molar-refractivity contribution in [1.82, 2.24) is 25.1 Å². The molecule has 1 atom stereocenters. The molecule has 6 aromatic rings. The summed E-state index contributed by atoms with van der Waals surface area (Å²) in [5, 5.41) is 31.1. The highest BCUT2D eigenvalue weighted by molar-refractivity contribution is 8.27. The lowest BCUT2D eigenvalue weighted by molar-refractivity contribution is -0.138. The minimum atomic E-state index is -4.51. The van der Waals surface area contributed by atoms with Gasteiger partial charge in [-0.05, 0) is 59.8 Å². The van der Waals surface area contributed by atoms with E-state index in [-0.39, 0.29) is 27.0 Å². The topological polar surface area (TPSA) is 126 Å². The summed E-state index contributed by atoms with van der Waals surface area (Å²) in [5.74, 6) is 0.341. The Kier molecular flexibility index (Phi) is 9.18. The number of nitrogens with one attached hydrogen (secondary N) is 2. The van der Waals surface area contributed by atoms with Crippen molar-refractivity contribution in [3.8, 4) is 43.9 Å². The molecule has 1 unspecified atom stereocenters. The van der Waals surface area contributed by atoms with E-state index in [0.29, 0.717) is 44.0 Å². The van der Waals surface area contributed by atoms with Crippen LogP contribution in [0, 0.1) is 10.8 Å². The third-order valence-corrected chi connectivity index (χ3v) is 9.51. The van der Waals surface area contributed by atoms with Crippen LogP contribution in [0.4, 0.5) is 32.2 Å². The average molecular weight is 744 g/mol. The summed E-state index contributed by atoms with van der Waals surface area (Å²) < 4.78 is 79.5. The first kappa shape index (κ1) is 34.7. The van der Waals surface area contributed by atoms with Gasteiger partial charge in [-0.25, -0.2) is 9.97 Å². The molecule has 0 radical (unpaired) electrons. The molecule has 7 rings (SSSR count). The third kappa shape index (κ3) is 7.48. The molecule has 0 aliphatic carbocycles. The summed E-state index contributed by atoms with van der Waals surface area (Å²) in [7, 11) is 0. The van der Waals surface area contributed by atoms with Gasteiger partial charge in [-0.3, -0.25) is 10.8 Å². The highest BCUT2D eigenvalue weighted by atomic mass is 32.2. The van der Waals surface area contributed by atoms with Crippen molar-refractivity contribution in [2.45, 2.75) is 18.4 Å². The maximum absolute atomic E-state index is 13.3. The standard InChI is InChI=1S/C36H21F6N8S2/c37-35(38,39)22-7-1-5-20(17-22)24-9-3-11-26(45-24)30(43)51-31(44)27-15-13-19-14-16-29(48-32(19)47-27)34-50-49-33(52-34)28-12-4-10-25(46-28)21-6-2-8-23(18-21)36(40,41)42/h1-18,27,43-44H/q-1. The van der Waals surface area contributed by atoms with E-state index in [4.69, 9.17) is 10.8 Å². The fourth-order valence-corrected chi connectivity index (χ4v) is 6.60. The monoisotopic (exact) mass is 743 g/mol. The van der Waals surface area contributed by atoms with E-state index < -0.39 is 29.5 Å². The Bertz CT molecular complexity index is 2370. The van der Waals surface area contributed by atoms with E-state index in [0.717, 1.165) is 36.0 Å². The molecule has 0 bridgehead atoms. The van der Waals surface area contributed by atoms with Gasteiger partial charge in [0, 0.05) is 17.2 Å². The van der Waals surface area contributed by atoms with Gasteiger partial charge in [-0.2, -0.15) is 26.3 Å². The van der Waals surface area contributed by atoms with Crippen molar-refractivity contribution >= 4 is 45.1 Å². The zero-order valence-corrected chi connectivity index (χ0v) is 27.9. The van der Waals surface area contributed by atoms with E-state index in [1.54, 1.807) is 66.7 Å². The second kappa shape index (κ2) is 13.8. The molecule has 0 saturated heterocycles. The summed E-state index contributed by atoms with van der Waals surface area (Å²) in [6.07, 6.45) is -5.53. The number of rotatable bonds is 6. The summed E-state index contributed by atoms with van der Waals surface area (Å²) in [6, 6.07) is 22.1. The molecule has 4 aromatic heterocycles. The first-order valence-corrected chi connectivity index (χ1v) is 16.8. The van der Waals surface area contributed by atoms with Crippen LogP contribution in [0.3, 0.4) is 0 Å². The van der Waals surface area contributed by atoms with E-state index in [2.05, 4.69) is 30.5 Å². The van der Waals surface area contributed by atoms with Crippen LogP contribution < -0.4 is 0 Å². The summed E-state index contributed by atoms with van der Waals surface area (Å²) in [5.41, 5.74) is 1.33. The van der Waals surface area contributed by atoms with Crippen LogP contribution in [-0.2, 0) is 12.4 Å². The highest BCUT2D eigenvalue weighted by Gasteiger charge is 2.31. The SMILES string of the molecule is N=C(SC(=N)C1C=Cc2ccc(-c3nnc(-c4cccc(-c5cccc(C(F)(F)F)c5)n4)s3)nc2[N-]1)c1cccc(-c2cccc(C(F)(F)F)c2)n1. The zero-order chi connectivity index (χ0) is 36.6. The fourth-order valence-electron chi connectivity index (χ4n) is 5.13. The lowest BCUT2D eigenvalue weighted by atomic mass is 10.1. The molecule has 2 aromatic carbocycles. The predicted octanol–water partition coefficient (Wildman–Crippen LogP) is 10.6. The molecule has 0 saturated carbocycles. The van der Waals surface area contributed by atoms with Crippen LogP contribution in [0.15, 0.2) is 103 Å². The van der Waals surface area contributed by atoms with Crippen LogP contribution in [0.25, 0.3) is 55.3 Å². The van der Waals surface area contributed by atoms with E-state index in [1.165, 1.54) is 29.5 Å². The number of aromatic nitrogens is 5. The van der Waals surface area contributed by atoms with E-state index >= 15 is 0 Å². The van der Waals surface area contributed by atoms with Gasteiger partial charge in [0.05, 0.1) is 33.3 Å². The van der Waals surface area contributed by atoms with Crippen molar-refractivity contribution in [3.63, 3.8) is 0 Å². The number of nitrogens with zero attached hydrogens (tertiary/aromatic N) is 6. The van der Waals surface area contributed by atoms with E-state index in [9.17, 15) is 26.3 Å². The van der Waals surface area contributed by atoms with Gasteiger partial charge in [0.15, 0.2) is 5.01 Å². The Morgan fingerprint density at radius 1 is 0.654 bits per heavy atom. The molecule has 8 nitrogen and oxygen atoms in total. The Labute approximate surface area is 299 Å². The second-order valence-corrected chi connectivity index (χ2v) is 13.3. The van der Waals surface area contributed by atoms with Crippen molar-refractivity contribution in [2.24, 2.45) is 0 Å². The van der Waals surface area contributed by atoms with Gasteiger partial charge < -0.3 is 10.3 Å². The summed E-state index contributed by atoms with van der Waals surface area (Å²) in [4.78, 5) is 13.5. The second-order valence-electron chi connectivity index (χ2n) is 11.2. The number of alkyl halides is 6. The Balaban J connectivity index is 1.04. The lowest BCUT2D eigenvalue weighted by Crippen LogP contribution is -2.17. The fraction of sp³-hybridized carbons (Fsp3) is 0.0833. The molecule has 260 valence electrons. The quantitative estimate of drug-likeness (QED) is 0.0993. The first-order chi connectivity index (χ1) is 24.8. The molecular weight excluding hydrogens is 723 g/mol. The molecule has 52 heavy (non-hydrogen) atoms. The number of pyridine rings is 3.